The summed E-state index contributed by atoms with van der Waals surface area (Å²) >= 11 is 0. The molecular weight excluding hydrogens is 807 g/mol. The molecule has 306 valence electrons. The minimum absolute atomic E-state index is 0.0934. The van der Waals surface area contributed by atoms with E-state index in [-0.39, 0.29) is 6.61 Å². The van der Waals surface area contributed by atoms with Crippen LogP contribution in [0.1, 0.15) is 18.1 Å². The second kappa shape index (κ2) is 21.0. The Balaban J connectivity index is 1.09. The molecule has 8 heteroatoms. The third-order valence-electron chi connectivity index (χ3n) is 9.63. The summed E-state index contributed by atoms with van der Waals surface area (Å²) in [7, 11) is -4.08. The lowest BCUT2D eigenvalue weighted by molar-refractivity contribution is 0.254. The quantitative estimate of drug-likeness (QED) is 0.0633. The third kappa shape index (κ3) is 11.1. The highest BCUT2D eigenvalue weighted by Gasteiger charge is 2.26. The van der Waals surface area contributed by atoms with Gasteiger partial charge in [0.1, 0.15) is 28.7 Å². The molecule has 0 bridgehead atoms. The summed E-state index contributed by atoms with van der Waals surface area (Å²) < 4.78 is 39.9. The molecular formula is C54H44O6P2. The van der Waals surface area contributed by atoms with E-state index < -0.39 is 17.2 Å². The lowest BCUT2D eigenvalue weighted by atomic mass is 10.1. The van der Waals surface area contributed by atoms with Gasteiger partial charge in [0.05, 0.1) is 6.61 Å². The molecule has 0 aliphatic rings. The van der Waals surface area contributed by atoms with E-state index in [9.17, 15) is 0 Å². The van der Waals surface area contributed by atoms with Crippen molar-refractivity contribution in [3.63, 3.8) is 0 Å². The first-order chi connectivity index (χ1) is 30.6. The van der Waals surface area contributed by atoms with Crippen LogP contribution < -0.4 is 22.6 Å². The Morgan fingerprint density at radius 2 is 0.903 bits per heavy atom. The van der Waals surface area contributed by atoms with Crippen LogP contribution in [0.2, 0.25) is 0 Å². The van der Waals surface area contributed by atoms with Crippen molar-refractivity contribution in [2.75, 3.05) is 0 Å². The van der Waals surface area contributed by atoms with Crippen LogP contribution in [0, 0.1) is 0 Å². The van der Waals surface area contributed by atoms with Crippen LogP contribution >= 0.6 is 17.2 Å². The summed E-state index contributed by atoms with van der Waals surface area (Å²) in [5.41, 5.74) is 8.47. The largest absolute Gasteiger partial charge is 0.530 e. The van der Waals surface area contributed by atoms with Crippen molar-refractivity contribution in [2.45, 2.75) is 13.5 Å². The highest BCUT2D eigenvalue weighted by atomic mass is 31.2. The summed E-state index contributed by atoms with van der Waals surface area (Å²) in [4.78, 5) is 0. The molecule has 8 aromatic rings. The molecule has 0 amide bonds. The fourth-order valence-corrected chi connectivity index (χ4v) is 8.64. The minimum Gasteiger partial charge on any atom is -0.418 e. The van der Waals surface area contributed by atoms with Crippen LogP contribution in [0.3, 0.4) is 0 Å². The Morgan fingerprint density at radius 3 is 1.53 bits per heavy atom. The van der Waals surface area contributed by atoms with E-state index in [0.717, 1.165) is 50.1 Å². The van der Waals surface area contributed by atoms with Gasteiger partial charge >= 0.3 is 17.2 Å². The van der Waals surface area contributed by atoms with Gasteiger partial charge in [-0.25, -0.2) is 0 Å². The Morgan fingerprint density at radius 1 is 0.435 bits per heavy atom. The fourth-order valence-electron chi connectivity index (χ4n) is 6.59. The monoisotopic (exact) mass is 850 g/mol. The first-order valence-electron chi connectivity index (χ1n) is 20.2. The van der Waals surface area contributed by atoms with Gasteiger partial charge in [0.15, 0.2) is 0 Å². The predicted octanol–water partition coefficient (Wildman–Crippen LogP) is 15.9. The van der Waals surface area contributed by atoms with Crippen LogP contribution in [0.4, 0.5) is 0 Å². The van der Waals surface area contributed by atoms with E-state index in [0.29, 0.717) is 28.7 Å². The zero-order chi connectivity index (χ0) is 42.4. The highest BCUT2D eigenvalue weighted by Crippen LogP contribution is 2.49. The number of allylic oxidation sites excluding steroid dienone is 3. The lowest BCUT2D eigenvalue weighted by Gasteiger charge is -2.22. The van der Waals surface area contributed by atoms with Gasteiger partial charge in [-0.3, -0.25) is 4.52 Å². The average Bonchev–Trinajstić information content (AvgIpc) is 3.32. The van der Waals surface area contributed by atoms with Crippen LogP contribution in [0.25, 0.3) is 39.0 Å². The molecule has 0 aliphatic carbocycles. The second-order valence-electron chi connectivity index (χ2n) is 14.0. The van der Waals surface area contributed by atoms with Gasteiger partial charge in [-0.05, 0) is 82.8 Å². The third-order valence-corrected chi connectivity index (χ3v) is 11.7. The van der Waals surface area contributed by atoms with Crippen molar-refractivity contribution >= 4 is 22.8 Å². The van der Waals surface area contributed by atoms with E-state index in [1.807, 2.05) is 201 Å². The summed E-state index contributed by atoms with van der Waals surface area (Å²) in [6, 6.07) is 69.5. The molecule has 0 aromatic heterocycles. The zero-order valence-electron chi connectivity index (χ0n) is 34.1. The van der Waals surface area contributed by atoms with Gasteiger partial charge in [-0.1, -0.05) is 189 Å². The molecule has 62 heavy (non-hydrogen) atoms. The van der Waals surface area contributed by atoms with E-state index in [4.69, 9.17) is 27.1 Å². The van der Waals surface area contributed by atoms with E-state index >= 15 is 0 Å². The molecule has 2 atom stereocenters. The van der Waals surface area contributed by atoms with Crippen molar-refractivity contribution < 1.29 is 27.1 Å². The molecule has 0 spiro atoms. The van der Waals surface area contributed by atoms with E-state index in [2.05, 4.69) is 36.9 Å². The van der Waals surface area contributed by atoms with Crippen LogP contribution in [-0.4, -0.2) is 0 Å². The summed E-state index contributed by atoms with van der Waals surface area (Å²) in [5, 5.41) is 0. The Kier molecular flexibility index (Phi) is 14.2. The molecule has 0 heterocycles. The number of benzene rings is 8. The maximum atomic E-state index is 6.73. The number of hydrogen-bond acceptors (Lipinski definition) is 6. The molecule has 0 saturated carbocycles. The minimum atomic E-state index is -2.07. The molecule has 6 nitrogen and oxygen atoms in total. The Labute approximate surface area is 366 Å². The molecule has 0 radical (unpaired) electrons. The normalized spacial score (nSPS) is 12.0. The number of rotatable bonds is 18. The second-order valence-corrected chi connectivity index (χ2v) is 16.0. The van der Waals surface area contributed by atoms with Crippen LogP contribution in [0.5, 0.6) is 28.7 Å². The standard InChI is InChI=1S/C54H44O6P2/c1-3-21-41(2)45-29-19-31-48(38-45)57-62(60-54-37-18-15-34-51(54)44-26-11-6-12-27-44)58-52-35-16-13-28-47(52)40-55-61(56-49-32-20-30-46(39-49)42-22-7-4-8-23-42)59-53-36-17-14-33-50(53)43-24-9-5-10-25-43/h3-39H,2,40H2,1H3. The summed E-state index contributed by atoms with van der Waals surface area (Å²) in [6.07, 6.45) is 3.92. The number of hydrogen-bond donors (Lipinski definition) is 0. The average molecular weight is 851 g/mol. The van der Waals surface area contributed by atoms with Gasteiger partial charge in [-0.15, -0.1) is 0 Å². The predicted molar refractivity (Wildman–Crippen MR) is 254 cm³/mol. The highest BCUT2D eigenvalue weighted by molar-refractivity contribution is 7.43. The first-order valence-corrected chi connectivity index (χ1v) is 22.4. The van der Waals surface area contributed by atoms with Gasteiger partial charge in [0, 0.05) is 16.7 Å². The topological polar surface area (TPSA) is 55.4 Å². The van der Waals surface area contributed by atoms with E-state index in [1.54, 1.807) is 0 Å². The smallest absolute Gasteiger partial charge is 0.418 e. The summed E-state index contributed by atoms with van der Waals surface area (Å²) in [6.45, 7) is 6.28. The molecule has 0 fully saturated rings. The van der Waals surface area contributed by atoms with Crippen molar-refractivity contribution in [1.82, 2.24) is 0 Å². The van der Waals surface area contributed by atoms with Gasteiger partial charge < -0.3 is 22.6 Å². The number of para-hydroxylation sites is 3. The Hall–Kier alpha value is -6.94. The van der Waals surface area contributed by atoms with Gasteiger partial charge in [0.25, 0.3) is 0 Å². The fraction of sp³-hybridized carbons (Fsp3) is 0.0370. The van der Waals surface area contributed by atoms with Crippen molar-refractivity contribution in [3.8, 4) is 62.1 Å². The van der Waals surface area contributed by atoms with E-state index in [1.165, 1.54) is 0 Å². The van der Waals surface area contributed by atoms with Gasteiger partial charge in [-0.2, -0.15) is 0 Å². The molecule has 0 saturated heterocycles. The van der Waals surface area contributed by atoms with Gasteiger partial charge in [0.2, 0.25) is 0 Å². The Bertz CT molecular complexity index is 2720. The maximum absolute atomic E-state index is 6.73. The molecule has 8 aromatic carbocycles. The van der Waals surface area contributed by atoms with Crippen LogP contribution in [0.15, 0.2) is 231 Å². The van der Waals surface area contributed by atoms with Crippen molar-refractivity contribution in [1.29, 1.82) is 0 Å². The maximum Gasteiger partial charge on any atom is 0.530 e. The molecule has 0 aliphatic heterocycles. The van der Waals surface area contributed by atoms with Crippen molar-refractivity contribution in [3.05, 3.63) is 242 Å². The SMILES string of the molecule is C=C(C=CC)c1cccc(OP(Oc2ccccc2COP(Oc2cccc(-c3ccccc3)c2)Oc2ccccc2-c2ccccc2)Oc2ccccc2-c2ccccc2)c1. The zero-order valence-corrected chi connectivity index (χ0v) is 35.9. The lowest BCUT2D eigenvalue weighted by Crippen LogP contribution is -2.06. The van der Waals surface area contributed by atoms with Crippen LogP contribution in [-0.2, 0) is 11.1 Å². The molecule has 2 unspecified atom stereocenters. The van der Waals surface area contributed by atoms with Crippen molar-refractivity contribution in [2.24, 2.45) is 0 Å². The molecule has 8 rings (SSSR count). The first kappa shape index (κ1) is 41.8. The molecule has 0 N–H and O–H groups in total. The summed E-state index contributed by atoms with van der Waals surface area (Å²) in [5.74, 6) is 2.96.